The molecule has 6 heteroatoms. The predicted octanol–water partition coefficient (Wildman–Crippen LogP) is 4.21. The molecule has 2 rings (SSSR count). The lowest BCUT2D eigenvalue weighted by atomic mass is 10.0. The Hall–Kier alpha value is -2.37. The smallest absolute Gasteiger partial charge is 0.416 e. The highest BCUT2D eigenvalue weighted by atomic mass is 19.4. The monoisotopic (exact) mass is 284 g/mol. The molecule has 0 spiro atoms. The number of alkyl halides is 3. The summed E-state index contributed by atoms with van der Waals surface area (Å²) in [6, 6.07) is 7.56. The van der Waals surface area contributed by atoms with E-state index in [1.165, 1.54) is 18.2 Å². The van der Waals surface area contributed by atoms with Gasteiger partial charge in [0.1, 0.15) is 5.82 Å². The van der Waals surface area contributed by atoms with E-state index in [4.69, 9.17) is 5.11 Å². The first-order valence-corrected chi connectivity index (χ1v) is 5.49. The second kappa shape index (κ2) is 4.96. The summed E-state index contributed by atoms with van der Waals surface area (Å²) in [4.78, 5) is 10.8. The highest BCUT2D eigenvalue weighted by Crippen LogP contribution is 2.32. The molecule has 2 aromatic rings. The molecule has 0 fully saturated rings. The van der Waals surface area contributed by atoms with Gasteiger partial charge in [0.15, 0.2) is 0 Å². The van der Waals surface area contributed by atoms with Gasteiger partial charge < -0.3 is 5.11 Å². The molecule has 0 amide bonds. The largest absolute Gasteiger partial charge is 0.478 e. The minimum Gasteiger partial charge on any atom is -0.478 e. The van der Waals surface area contributed by atoms with Crippen LogP contribution in [0.1, 0.15) is 15.9 Å². The molecule has 0 atom stereocenters. The molecule has 20 heavy (non-hydrogen) atoms. The van der Waals surface area contributed by atoms with E-state index in [2.05, 4.69) is 0 Å². The Kier molecular flexibility index (Phi) is 3.48. The molecule has 0 aromatic heterocycles. The summed E-state index contributed by atoms with van der Waals surface area (Å²) in [6.45, 7) is 0. The second-order valence-corrected chi connectivity index (χ2v) is 4.08. The lowest BCUT2D eigenvalue weighted by Crippen LogP contribution is -2.05. The summed E-state index contributed by atoms with van der Waals surface area (Å²) >= 11 is 0. The van der Waals surface area contributed by atoms with Gasteiger partial charge in [-0.15, -0.1) is 0 Å². The van der Waals surface area contributed by atoms with Gasteiger partial charge in [-0.1, -0.05) is 18.2 Å². The molecule has 0 aliphatic carbocycles. The van der Waals surface area contributed by atoms with Crippen LogP contribution in [0.5, 0.6) is 0 Å². The van der Waals surface area contributed by atoms with Gasteiger partial charge in [-0.3, -0.25) is 0 Å². The zero-order chi connectivity index (χ0) is 14.9. The minimum atomic E-state index is -4.49. The van der Waals surface area contributed by atoms with Crippen molar-refractivity contribution in [3.8, 4) is 11.1 Å². The van der Waals surface area contributed by atoms with Crippen molar-refractivity contribution in [1.82, 2.24) is 0 Å². The Bertz CT molecular complexity index is 662. The first kappa shape index (κ1) is 14.0. The number of carbonyl (C=O) groups is 1. The standard InChI is InChI=1S/C14H8F4O2/c15-12-5-4-9(7-11(12)13(19)20)8-2-1-3-10(6-8)14(16,17)18/h1-7H,(H,19,20). The molecular formula is C14H8F4O2. The van der Waals surface area contributed by atoms with Gasteiger partial charge in [0.25, 0.3) is 0 Å². The molecule has 1 N–H and O–H groups in total. The van der Waals surface area contributed by atoms with E-state index < -0.39 is 29.1 Å². The molecule has 2 nitrogen and oxygen atoms in total. The van der Waals surface area contributed by atoms with Crippen molar-refractivity contribution < 1.29 is 27.5 Å². The van der Waals surface area contributed by atoms with E-state index in [0.29, 0.717) is 0 Å². The maximum Gasteiger partial charge on any atom is 0.416 e. The number of hydrogen-bond donors (Lipinski definition) is 1. The molecule has 0 saturated heterocycles. The van der Waals surface area contributed by atoms with E-state index in [-0.39, 0.29) is 11.1 Å². The quantitative estimate of drug-likeness (QED) is 0.839. The lowest BCUT2D eigenvalue weighted by Gasteiger charge is -2.09. The van der Waals surface area contributed by atoms with Gasteiger partial charge >= 0.3 is 12.1 Å². The lowest BCUT2D eigenvalue weighted by molar-refractivity contribution is -0.137. The van der Waals surface area contributed by atoms with Crippen molar-refractivity contribution in [2.24, 2.45) is 0 Å². The van der Waals surface area contributed by atoms with Crippen molar-refractivity contribution in [3.05, 3.63) is 59.4 Å². The average Bonchev–Trinajstić information content (AvgIpc) is 2.38. The SMILES string of the molecule is O=C(O)c1cc(-c2cccc(C(F)(F)F)c2)ccc1F. The van der Waals surface area contributed by atoms with Crippen molar-refractivity contribution in [2.75, 3.05) is 0 Å². The van der Waals surface area contributed by atoms with Crippen molar-refractivity contribution >= 4 is 5.97 Å². The van der Waals surface area contributed by atoms with Crippen LogP contribution >= 0.6 is 0 Å². The molecule has 0 heterocycles. The van der Waals surface area contributed by atoms with Gasteiger partial charge in [0, 0.05) is 0 Å². The zero-order valence-electron chi connectivity index (χ0n) is 9.91. The normalized spacial score (nSPS) is 11.4. The topological polar surface area (TPSA) is 37.3 Å². The first-order chi connectivity index (χ1) is 9.29. The van der Waals surface area contributed by atoms with Crippen LogP contribution in [-0.4, -0.2) is 11.1 Å². The molecule has 0 aliphatic heterocycles. The third kappa shape index (κ3) is 2.79. The maximum absolute atomic E-state index is 13.2. The predicted molar refractivity (Wildman–Crippen MR) is 63.8 cm³/mol. The minimum absolute atomic E-state index is 0.169. The molecule has 0 bridgehead atoms. The van der Waals surface area contributed by atoms with Crippen molar-refractivity contribution in [1.29, 1.82) is 0 Å². The van der Waals surface area contributed by atoms with E-state index in [1.54, 1.807) is 0 Å². The number of benzene rings is 2. The third-order valence-corrected chi connectivity index (χ3v) is 2.72. The molecule has 2 aromatic carbocycles. The second-order valence-electron chi connectivity index (χ2n) is 4.08. The summed E-state index contributed by atoms with van der Waals surface area (Å²) in [7, 11) is 0. The number of carboxylic acid groups (broad SMARTS) is 1. The van der Waals surface area contributed by atoms with Crippen molar-refractivity contribution in [3.63, 3.8) is 0 Å². The van der Waals surface area contributed by atoms with Gasteiger partial charge in [0.05, 0.1) is 11.1 Å². The van der Waals surface area contributed by atoms with Crippen LogP contribution in [0.15, 0.2) is 42.5 Å². The summed E-state index contributed by atoms with van der Waals surface area (Å²) in [5.41, 5.74) is -1.06. The number of halogens is 4. The van der Waals surface area contributed by atoms with Crippen LogP contribution in [0.3, 0.4) is 0 Å². The Labute approximate surface area is 111 Å². The number of carboxylic acids is 1. The Morgan fingerprint density at radius 1 is 1.00 bits per heavy atom. The number of rotatable bonds is 2. The van der Waals surface area contributed by atoms with Crippen LogP contribution in [0.4, 0.5) is 17.6 Å². The molecule has 0 radical (unpaired) electrons. The fourth-order valence-electron chi connectivity index (χ4n) is 1.74. The maximum atomic E-state index is 13.2. The number of aromatic carboxylic acids is 1. The average molecular weight is 284 g/mol. The summed E-state index contributed by atoms with van der Waals surface area (Å²) in [6.07, 6.45) is -4.49. The van der Waals surface area contributed by atoms with Crippen molar-refractivity contribution in [2.45, 2.75) is 6.18 Å². The fourth-order valence-corrected chi connectivity index (χ4v) is 1.74. The van der Waals surface area contributed by atoms with Gasteiger partial charge in [-0.25, -0.2) is 9.18 Å². The van der Waals surface area contributed by atoms with E-state index in [1.807, 2.05) is 0 Å². The van der Waals surface area contributed by atoms with Gasteiger partial charge in [-0.2, -0.15) is 13.2 Å². The highest BCUT2D eigenvalue weighted by molar-refractivity contribution is 5.89. The molecule has 104 valence electrons. The summed E-state index contributed by atoms with van der Waals surface area (Å²) < 4.78 is 51.0. The first-order valence-electron chi connectivity index (χ1n) is 5.49. The third-order valence-electron chi connectivity index (χ3n) is 2.72. The van der Waals surface area contributed by atoms with Crippen LogP contribution in [0.25, 0.3) is 11.1 Å². The van der Waals surface area contributed by atoms with E-state index in [0.717, 1.165) is 24.3 Å². The van der Waals surface area contributed by atoms with Gasteiger partial charge in [-0.05, 0) is 35.4 Å². The molecular weight excluding hydrogens is 276 g/mol. The fraction of sp³-hybridized carbons (Fsp3) is 0.0714. The Balaban J connectivity index is 2.52. The Morgan fingerprint density at radius 2 is 1.65 bits per heavy atom. The van der Waals surface area contributed by atoms with E-state index in [9.17, 15) is 22.4 Å². The highest BCUT2D eigenvalue weighted by Gasteiger charge is 2.30. The number of hydrogen-bond acceptors (Lipinski definition) is 1. The zero-order valence-corrected chi connectivity index (χ0v) is 9.91. The summed E-state index contributed by atoms with van der Waals surface area (Å²) in [5.74, 6) is -2.41. The van der Waals surface area contributed by atoms with Crippen LogP contribution in [0, 0.1) is 5.82 Å². The van der Waals surface area contributed by atoms with Crippen LogP contribution in [-0.2, 0) is 6.18 Å². The van der Waals surface area contributed by atoms with E-state index >= 15 is 0 Å². The Morgan fingerprint density at radius 3 is 2.25 bits per heavy atom. The molecule has 0 aliphatic rings. The molecule has 0 unspecified atom stereocenters. The van der Waals surface area contributed by atoms with Gasteiger partial charge in [0.2, 0.25) is 0 Å². The van der Waals surface area contributed by atoms with Crippen LogP contribution in [0.2, 0.25) is 0 Å². The van der Waals surface area contributed by atoms with Crippen LogP contribution < -0.4 is 0 Å². The summed E-state index contributed by atoms with van der Waals surface area (Å²) in [5, 5.41) is 8.80. The molecule has 0 saturated carbocycles.